The van der Waals surface area contributed by atoms with Crippen molar-refractivity contribution in [2.45, 2.75) is 88.6 Å². The van der Waals surface area contributed by atoms with Crippen LogP contribution >= 0.6 is 0 Å². The smallest absolute Gasteiger partial charge is 0.248 e. The summed E-state index contributed by atoms with van der Waals surface area (Å²) in [6.07, 6.45) is 9.39. The van der Waals surface area contributed by atoms with Gasteiger partial charge in [-0.15, -0.1) is 13.2 Å². The van der Waals surface area contributed by atoms with Crippen molar-refractivity contribution in [3.8, 4) is 0 Å². The van der Waals surface area contributed by atoms with Crippen LogP contribution in [0.3, 0.4) is 0 Å². The van der Waals surface area contributed by atoms with E-state index in [9.17, 15) is 19.5 Å². The lowest BCUT2D eigenvalue weighted by Crippen LogP contribution is -2.61. The van der Waals surface area contributed by atoms with E-state index in [1.807, 2.05) is 18.7 Å². The summed E-state index contributed by atoms with van der Waals surface area (Å²) in [5, 5.41) is 10.4. The molecule has 0 aromatic heterocycles. The van der Waals surface area contributed by atoms with Crippen molar-refractivity contribution in [2.24, 2.45) is 17.8 Å². The van der Waals surface area contributed by atoms with Crippen molar-refractivity contribution in [1.29, 1.82) is 0 Å². The van der Waals surface area contributed by atoms with Crippen molar-refractivity contribution in [2.75, 3.05) is 26.7 Å². The lowest BCUT2D eigenvalue weighted by molar-refractivity contribution is -0.154. The van der Waals surface area contributed by atoms with Gasteiger partial charge in [0.1, 0.15) is 11.6 Å². The molecule has 36 heavy (non-hydrogen) atoms. The van der Waals surface area contributed by atoms with Gasteiger partial charge in [0.05, 0.1) is 30.6 Å². The maximum absolute atomic E-state index is 14.5. The molecule has 3 amide bonds. The third-order valence-corrected chi connectivity index (χ3v) is 8.97. The molecule has 2 unspecified atom stereocenters. The fourth-order valence-corrected chi connectivity index (χ4v) is 7.28. The molecule has 3 aliphatic heterocycles. The molecular weight excluding hydrogens is 458 g/mol. The van der Waals surface area contributed by atoms with Crippen LogP contribution in [0.25, 0.3) is 0 Å². The van der Waals surface area contributed by atoms with Crippen LogP contribution in [0.1, 0.15) is 58.8 Å². The number of aliphatic hydroxyl groups is 1. The molecule has 8 nitrogen and oxygen atoms in total. The Balaban J connectivity index is 1.77. The number of likely N-dealkylation sites (N-methyl/N-ethyl adjacent to an activating group) is 1. The first-order valence-corrected chi connectivity index (χ1v) is 13.6. The van der Waals surface area contributed by atoms with Crippen LogP contribution in [0.2, 0.25) is 0 Å². The van der Waals surface area contributed by atoms with Crippen molar-refractivity contribution in [3.05, 3.63) is 25.3 Å². The van der Waals surface area contributed by atoms with Crippen LogP contribution in [-0.4, -0.2) is 94.1 Å². The number of nitrogens with zero attached hydrogens (tertiary/aromatic N) is 3. The Hall–Kier alpha value is -2.19. The van der Waals surface area contributed by atoms with Gasteiger partial charge < -0.3 is 24.5 Å². The van der Waals surface area contributed by atoms with Gasteiger partial charge >= 0.3 is 0 Å². The zero-order chi connectivity index (χ0) is 26.2. The van der Waals surface area contributed by atoms with Gasteiger partial charge in [-0.3, -0.25) is 14.4 Å². The summed E-state index contributed by atoms with van der Waals surface area (Å²) in [6, 6.07) is -1.30. The average Bonchev–Trinajstić information content (AvgIpc) is 3.50. The first-order chi connectivity index (χ1) is 17.2. The number of carbonyl (C=O) groups is 3. The van der Waals surface area contributed by atoms with E-state index in [1.54, 1.807) is 29.0 Å². The minimum Gasteiger partial charge on any atom is -0.394 e. The second-order valence-electron chi connectivity index (χ2n) is 11.4. The molecule has 4 aliphatic rings. The molecule has 1 saturated carbocycles. The monoisotopic (exact) mass is 501 g/mol. The molecule has 6 atom stereocenters. The fourth-order valence-electron chi connectivity index (χ4n) is 7.28. The highest BCUT2D eigenvalue weighted by Gasteiger charge is 2.75. The highest BCUT2D eigenvalue weighted by Crippen LogP contribution is 2.59. The minimum absolute atomic E-state index is 0.0678. The molecular formula is C28H43N3O5. The Labute approximate surface area is 215 Å². The molecule has 200 valence electrons. The van der Waals surface area contributed by atoms with Crippen LogP contribution in [0.5, 0.6) is 0 Å². The van der Waals surface area contributed by atoms with Gasteiger partial charge in [0.25, 0.3) is 0 Å². The summed E-state index contributed by atoms with van der Waals surface area (Å²) in [6.45, 7) is 12.1. The molecule has 2 bridgehead atoms. The molecule has 0 aromatic carbocycles. The Morgan fingerprint density at radius 3 is 2.39 bits per heavy atom. The van der Waals surface area contributed by atoms with Crippen LogP contribution in [0.4, 0.5) is 0 Å². The predicted octanol–water partition coefficient (Wildman–Crippen LogP) is 2.37. The second-order valence-corrected chi connectivity index (χ2v) is 11.4. The van der Waals surface area contributed by atoms with Gasteiger partial charge in [0.2, 0.25) is 17.7 Å². The quantitative estimate of drug-likeness (QED) is 0.464. The third kappa shape index (κ3) is 4.20. The average molecular weight is 502 g/mol. The Morgan fingerprint density at radius 1 is 1.14 bits per heavy atom. The van der Waals surface area contributed by atoms with Crippen LogP contribution in [0, 0.1) is 17.8 Å². The molecule has 3 heterocycles. The lowest BCUT2D eigenvalue weighted by Gasteiger charge is -2.43. The number of fused-ring (bicyclic) bond motifs is 1. The van der Waals surface area contributed by atoms with E-state index in [4.69, 9.17) is 4.74 Å². The largest absolute Gasteiger partial charge is 0.394 e. The Bertz CT molecular complexity index is 884. The van der Waals surface area contributed by atoms with Gasteiger partial charge in [-0.25, -0.2) is 0 Å². The normalized spacial score (nSPS) is 32.5. The maximum atomic E-state index is 14.5. The van der Waals surface area contributed by atoms with Gasteiger partial charge in [-0.1, -0.05) is 45.3 Å². The van der Waals surface area contributed by atoms with E-state index in [2.05, 4.69) is 13.2 Å². The number of aliphatic hydroxyl groups excluding tert-OH is 1. The van der Waals surface area contributed by atoms with E-state index < -0.39 is 29.5 Å². The van der Waals surface area contributed by atoms with E-state index >= 15 is 0 Å². The number of hydrogen-bond acceptors (Lipinski definition) is 5. The summed E-state index contributed by atoms with van der Waals surface area (Å²) >= 11 is 0. The van der Waals surface area contributed by atoms with E-state index in [0.717, 1.165) is 25.7 Å². The number of likely N-dealkylation sites (tertiary alicyclic amines) is 1. The number of rotatable bonds is 10. The molecule has 1 aliphatic carbocycles. The van der Waals surface area contributed by atoms with Crippen LogP contribution in [-0.2, 0) is 19.1 Å². The van der Waals surface area contributed by atoms with Crippen molar-refractivity contribution >= 4 is 17.7 Å². The highest BCUT2D eigenvalue weighted by molar-refractivity contribution is 5.99. The summed E-state index contributed by atoms with van der Waals surface area (Å²) in [5.74, 6) is -1.95. The van der Waals surface area contributed by atoms with Gasteiger partial charge in [0.15, 0.2) is 0 Å². The minimum atomic E-state index is -1.05. The standard InChI is InChI=1S/C28H43N3O5/c1-6-15-29(5)25(33)22-21-13-14-28(36-21)23(22)26(34)31(20(17-32)18(3)4)24(28)27(35)30(16-7-2)19-11-9-8-10-12-19/h6-7,18-24,32H,1-2,8-17H2,3-5H3/t20-,21+,22-,23-,24?,28?/m0/s1. The molecule has 8 heteroatoms. The topological polar surface area (TPSA) is 90.4 Å². The first kappa shape index (κ1) is 26.9. The van der Waals surface area contributed by atoms with Crippen molar-refractivity contribution < 1.29 is 24.2 Å². The molecule has 1 spiro atoms. The molecule has 4 fully saturated rings. The molecule has 1 N–H and O–H groups in total. The van der Waals surface area contributed by atoms with E-state index in [0.29, 0.717) is 25.9 Å². The predicted molar refractivity (Wildman–Crippen MR) is 137 cm³/mol. The highest BCUT2D eigenvalue weighted by atomic mass is 16.5. The zero-order valence-electron chi connectivity index (χ0n) is 22.1. The SMILES string of the molecule is C=CCN(C)C(=O)[C@@H]1[C@H]2C(=O)N([C@@H](CO)C(C)C)C(C(=O)N(CC=C)C3CCCCC3)C23CC[C@H]1O3. The second kappa shape index (κ2) is 10.7. The van der Waals surface area contributed by atoms with Gasteiger partial charge in [0, 0.05) is 26.2 Å². The van der Waals surface area contributed by atoms with Crippen LogP contribution < -0.4 is 0 Å². The number of amides is 3. The summed E-state index contributed by atoms with van der Waals surface area (Å²) < 4.78 is 6.58. The van der Waals surface area contributed by atoms with E-state index in [1.165, 1.54) is 6.42 Å². The summed E-state index contributed by atoms with van der Waals surface area (Å²) in [7, 11) is 1.71. The lowest BCUT2D eigenvalue weighted by atomic mass is 9.70. The first-order valence-electron chi connectivity index (χ1n) is 13.6. The Morgan fingerprint density at radius 2 is 1.81 bits per heavy atom. The number of ether oxygens (including phenoxy) is 1. The number of carbonyl (C=O) groups excluding carboxylic acids is 3. The maximum Gasteiger partial charge on any atom is 0.248 e. The molecule has 0 radical (unpaired) electrons. The zero-order valence-corrected chi connectivity index (χ0v) is 22.1. The van der Waals surface area contributed by atoms with Crippen LogP contribution in [0.15, 0.2) is 25.3 Å². The number of hydrogen-bond donors (Lipinski definition) is 1. The third-order valence-electron chi connectivity index (χ3n) is 8.97. The van der Waals surface area contributed by atoms with Gasteiger partial charge in [-0.2, -0.15) is 0 Å². The summed E-state index contributed by atoms with van der Waals surface area (Å²) in [5.41, 5.74) is -1.05. The summed E-state index contributed by atoms with van der Waals surface area (Å²) in [4.78, 5) is 47.3. The Kier molecular flexibility index (Phi) is 7.95. The van der Waals surface area contributed by atoms with Crippen molar-refractivity contribution in [1.82, 2.24) is 14.7 Å². The van der Waals surface area contributed by atoms with Crippen molar-refractivity contribution in [3.63, 3.8) is 0 Å². The fraction of sp³-hybridized carbons (Fsp3) is 0.750. The molecule has 4 rings (SSSR count). The molecule has 0 aromatic rings. The van der Waals surface area contributed by atoms with Gasteiger partial charge in [-0.05, 0) is 31.6 Å². The molecule has 3 saturated heterocycles. The van der Waals surface area contributed by atoms with E-state index in [-0.39, 0.29) is 42.4 Å².